The number of ether oxygens (including phenoxy) is 1. The number of nitriles is 1. The minimum atomic E-state index is -0.670. The van der Waals surface area contributed by atoms with Crippen molar-refractivity contribution in [1.29, 1.82) is 5.26 Å². The van der Waals surface area contributed by atoms with Gasteiger partial charge in [0, 0.05) is 6.42 Å². The van der Waals surface area contributed by atoms with Gasteiger partial charge in [-0.05, 0) is 24.1 Å². The van der Waals surface area contributed by atoms with Gasteiger partial charge in [0.25, 0.3) is 0 Å². The lowest BCUT2D eigenvalue weighted by molar-refractivity contribution is -0.119. The molecule has 0 aliphatic rings. The largest absolute Gasteiger partial charge is 0.497 e. The van der Waals surface area contributed by atoms with E-state index < -0.39 is 5.92 Å². The Balaban J connectivity index is 2.86. The summed E-state index contributed by atoms with van der Waals surface area (Å²) in [6.07, 6.45) is 2.26. The Bertz CT molecular complexity index is 420. The van der Waals surface area contributed by atoms with Gasteiger partial charge in [0.2, 0.25) is 0 Å². The maximum atomic E-state index is 11.9. The van der Waals surface area contributed by atoms with E-state index in [2.05, 4.69) is 6.07 Å². The molecule has 0 bridgehead atoms. The van der Waals surface area contributed by atoms with Gasteiger partial charge in [0.1, 0.15) is 11.7 Å². The number of benzene rings is 1. The Morgan fingerprint density at radius 2 is 2.29 bits per heavy atom. The number of rotatable bonds is 6. The Morgan fingerprint density at radius 3 is 2.88 bits per heavy atom. The van der Waals surface area contributed by atoms with Crippen molar-refractivity contribution in [2.24, 2.45) is 0 Å². The van der Waals surface area contributed by atoms with E-state index in [-0.39, 0.29) is 5.78 Å². The topological polar surface area (TPSA) is 50.1 Å². The van der Waals surface area contributed by atoms with Gasteiger partial charge < -0.3 is 4.74 Å². The number of ketones is 1. The van der Waals surface area contributed by atoms with Gasteiger partial charge in [0.05, 0.1) is 13.2 Å². The van der Waals surface area contributed by atoms with Crippen molar-refractivity contribution < 1.29 is 9.53 Å². The van der Waals surface area contributed by atoms with Crippen molar-refractivity contribution in [1.82, 2.24) is 0 Å². The van der Waals surface area contributed by atoms with Crippen LogP contribution in [0.2, 0.25) is 0 Å². The lowest BCUT2D eigenvalue weighted by atomic mass is 9.93. The van der Waals surface area contributed by atoms with Crippen LogP contribution in [-0.2, 0) is 4.79 Å². The van der Waals surface area contributed by atoms with Crippen LogP contribution in [-0.4, -0.2) is 12.9 Å². The Hall–Kier alpha value is -1.82. The van der Waals surface area contributed by atoms with E-state index in [1.807, 2.05) is 6.92 Å². The molecule has 0 heterocycles. The highest BCUT2D eigenvalue weighted by molar-refractivity contribution is 5.88. The maximum absolute atomic E-state index is 11.9. The minimum Gasteiger partial charge on any atom is -0.497 e. The monoisotopic (exact) mass is 231 g/mol. The van der Waals surface area contributed by atoms with Crippen LogP contribution in [0.3, 0.4) is 0 Å². The van der Waals surface area contributed by atoms with Crippen LogP contribution in [0.4, 0.5) is 0 Å². The first-order valence-electron chi connectivity index (χ1n) is 5.79. The van der Waals surface area contributed by atoms with E-state index in [1.54, 1.807) is 31.4 Å². The fraction of sp³-hybridized carbons (Fsp3) is 0.429. The quantitative estimate of drug-likeness (QED) is 0.756. The summed E-state index contributed by atoms with van der Waals surface area (Å²) in [5.74, 6) is -0.00899. The zero-order valence-corrected chi connectivity index (χ0v) is 10.3. The molecule has 0 amide bonds. The van der Waals surface area contributed by atoms with Crippen molar-refractivity contribution >= 4 is 5.78 Å². The third kappa shape index (κ3) is 3.60. The normalized spacial score (nSPS) is 11.6. The number of hydrogen-bond donors (Lipinski definition) is 0. The van der Waals surface area contributed by atoms with Crippen molar-refractivity contribution in [2.75, 3.05) is 7.11 Å². The van der Waals surface area contributed by atoms with Crippen molar-refractivity contribution in [3.05, 3.63) is 29.8 Å². The summed E-state index contributed by atoms with van der Waals surface area (Å²) in [7, 11) is 1.57. The standard InChI is InChI=1S/C14H17NO2/c1-3-4-8-14(16)13(10-15)11-6-5-7-12(9-11)17-2/h5-7,9,13H,3-4,8H2,1-2H3. The fourth-order valence-electron chi connectivity index (χ4n) is 1.65. The van der Waals surface area contributed by atoms with Crippen LogP contribution in [0.5, 0.6) is 5.75 Å². The van der Waals surface area contributed by atoms with E-state index in [9.17, 15) is 4.79 Å². The molecule has 0 saturated carbocycles. The van der Waals surface area contributed by atoms with Crippen LogP contribution >= 0.6 is 0 Å². The molecule has 3 nitrogen and oxygen atoms in total. The minimum absolute atomic E-state index is 0.0115. The zero-order valence-electron chi connectivity index (χ0n) is 10.3. The van der Waals surface area contributed by atoms with Gasteiger partial charge in [-0.3, -0.25) is 4.79 Å². The average Bonchev–Trinajstić information content (AvgIpc) is 2.37. The van der Waals surface area contributed by atoms with Gasteiger partial charge >= 0.3 is 0 Å². The van der Waals surface area contributed by atoms with E-state index in [0.29, 0.717) is 17.7 Å². The summed E-state index contributed by atoms with van der Waals surface area (Å²) in [5.41, 5.74) is 0.716. The molecule has 0 aromatic heterocycles. The van der Waals surface area contributed by atoms with Gasteiger partial charge in [-0.25, -0.2) is 0 Å². The van der Waals surface area contributed by atoms with Crippen molar-refractivity contribution in [3.63, 3.8) is 0 Å². The predicted molar refractivity (Wildman–Crippen MR) is 65.9 cm³/mol. The highest BCUT2D eigenvalue weighted by Crippen LogP contribution is 2.22. The molecule has 0 spiro atoms. The average molecular weight is 231 g/mol. The summed E-state index contributed by atoms with van der Waals surface area (Å²) in [5, 5.41) is 9.10. The first kappa shape index (κ1) is 13.2. The number of Topliss-reactive ketones (excluding diaryl/α,β-unsaturated/α-hetero) is 1. The van der Waals surface area contributed by atoms with E-state index in [0.717, 1.165) is 12.8 Å². The number of nitrogens with zero attached hydrogens (tertiary/aromatic N) is 1. The molecule has 17 heavy (non-hydrogen) atoms. The number of hydrogen-bond acceptors (Lipinski definition) is 3. The van der Waals surface area contributed by atoms with Gasteiger partial charge in [0.15, 0.2) is 5.78 Å². The number of carbonyl (C=O) groups excluding carboxylic acids is 1. The molecule has 0 aliphatic heterocycles. The van der Waals surface area contributed by atoms with Crippen LogP contribution in [0.1, 0.15) is 37.7 Å². The Morgan fingerprint density at radius 1 is 1.53 bits per heavy atom. The van der Waals surface area contributed by atoms with Crippen LogP contribution < -0.4 is 4.74 Å². The second-order valence-electron chi connectivity index (χ2n) is 3.91. The van der Waals surface area contributed by atoms with E-state index in [1.165, 1.54) is 0 Å². The van der Waals surface area contributed by atoms with Crippen molar-refractivity contribution in [3.8, 4) is 11.8 Å². The van der Waals surface area contributed by atoms with Gasteiger partial charge in [-0.15, -0.1) is 0 Å². The molecule has 3 heteroatoms. The third-order valence-corrected chi connectivity index (χ3v) is 2.65. The molecule has 0 N–H and O–H groups in total. The first-order valence-corrected chi connectivity index (χ1v) is 5.79. The smallest absolute Gasteiger partial charge is 0.154 e. The summed E-state index contributed by atoms with van der Waals surface area (Å²) >= 11 is 0. The summed E-state index contributed by atoms with van der Waals surface area (Å²) in [6.45, 7) is 2.03. The molecule has 0 aliphatic carbocycles. The predicted octanol–water partition coefficient (Wildman–Crippen LogP) is 3.06. The molecule has 0 fully saturated rings. The second-order valence-corrected chi connectivity index (χ2v) is 3.91. The lowest BCUT2D eigenvalue weighted by Gasteiger charge is -2.09. The molecule has 1 atom stereocenters. The molecular formula is C14H17NO2. The van der Waals surface area contributed by atoms with Crippen molar-refractivity contribution in [2.45, 2.75) is 32.1 Å². The maximum Gasteiger partial charge on any atom is 0.154 e. The third-order valence-electron chi connectivity index (χ3n) is 2.65. The number of unbranched alkanes of at least 4 members (excludes halogenated alkanes) is 1. The molecule has 1 unspecified atom stereocenters. The summed E-state index contributed by atoms with van der Waals surface area (Å²) in [4.78, 5) is 11.9. The van der Waals surface area contributed by atoms with E-state index in [4.69, 9.17) is 10.00 Å². The lowest BCUT2D eigenvalue weighted by Crippen LogP contribution is -2.10. The highest BCUT2D eigenvalue weighted by Gasteiger charge is 2.19. The molecule has 1 aromatic carbocycles. The highest BCUT2D eigenvalue weighted by atomic mass is 16.5. The van der Waals surface area contributed by atoms with Crippen LogP contribution in [0.25, 0.3) is 0 Å². The van der Waals surface area contributed by atoms with Crippen LogP contribution in [0.15, 0.2) is 24.3 Å². The second kappa shape index (κ2) is 6.70. The fourth-order valence-corrected chi connectivity index (χ4v) is 1.65. The summed E-state index contributed by atoms with van der Waals surface area (Å²) < 4.78 is 5.09. The molecule has 90 valence electrons. The molecule has 0 radical (unpaired) electrons. The molecule has 1 aromatic rings. The summed E-state index contributed by atoms with van der Waals surface area (Å²) in [6, 6.07) is 9.21. The molecule has 1 rings (SSSR count). The van der Waals surface area contributed by atoms with Gasteiger partial charge in [-0.2, -0.15) is 5.26 Å². The molecule has 0 saturated heterocycles. The number of methoxy groups -OCH3 is 1. The van der Waals surface area contributed by atoms with E-state index >= 15 is 0 Å². The zero-order chi connectivity index (χ0) is 12.7. The SMILES string of the molecule is CCCCC(=O)C(C#N)c1cccc(OC)c1. The number of carbonyl (C=O) groups is 1. The Labute approximate surface area is 102 Å². The first-order chi connectivity index (χ1) is 8.22. The van der Waals surface area contributed by atoms with Gasteiger partial charge in [-0.1, -0.05) is 25.5 Å². The van der Waals surface area contributed by atoms with Crippen LogP contribution in [0, 0.1) is 11.3 Å². The molecular weight excluding hydrogens is 214 g/mol. The Kier molecular flexibility index (Phi) is 5.22.